The molecule has 1 heterocycles. The fourth-order valence-electron chi connectivity index (χ4n) is 2.14. The van der Waals surface area contributed by atoms with Crippen LogP contribution in [0.15, 0.2) is 36.4 Å². The highest BCUT2D eigenvalue weighted by Gasteiger charge is 2.06. The third-order valence-corrected chi connectivity index (χ3v) is 3.38. The lowest BCUT2D eigenvalue weighted by atomic mass is 10.2. The first-order valence-electron chi connectivity index (χ1n) is 7.53. The second-order valence-electron chi connectivity index (χ2n) is 5.27. The first-order valence-corrected chi connectivity index (χ1v) is 7.53. The average Bonchev–Trinajstić information content (AvgIpc) is 2.51. The number of hydrogen-bond donors (Lipinski definition) is 1. The molecule has 0 saturated carbocycles. The Balaban J connectivity index is 2.04. The first kappa shape index (κ1) is 15.3. The van der Waals surface area contributed by atoms with Gasteiger partial charge in [0.15, 0.2) is 0 Å². The fourth-order valence-corrected chi connectivity index (χ4v) is 2.14. The van der Waals surface area contributed by atoms with Gasteiger partial charge in [0.2, 0.25) is 0 Å². The Labute approximate surface area is 127 Å². The van der Waals surface area contributed by atoms with Crippen molar-refractivity contribution in [2.45, 2.75) is 33.2 Å². The van der Waals surface area contributed by atoms with Gasteiger partial charge in [-0.05, 0) is 18.9 Å². The van der Waals surface area contributed by atoms with Gasteiger partial charge in [-0.25, -0.2) is 9.97 Å². The minimum absolute atomic E-state index is 0.773. The largest absolute Gasteiger partial charge is 0.366 e. The predicted octanol–water partition coefficient (Wildman–Crippen LogP) is 3.63. The summed E-state index contributed by atoms with van der Waals surface area (Å²) in [4.78, 5) is 11.2. The van der Waals surface area contributed by atoms with Crippen molar-refractivity contribution in [3.8, 4) is 0 Å². The molecular weight excluding hydrogens is 260 g/mol. The van der Waals surface area contributed by atoms with Gasteiger partial charge in [0.05, 0.1) is 0 Å². The van der Waals surface area contributed by atoms with Crippen molar-refractivity contribution >= 4 is 11.6 Å². The highest BCUT2D eigenvalue weighted by atomic mass is 15.2. The summed E-state index contributed by atoms with van der Waals surface area (Å²) < 4.78 is 0. The van der Waals surface area contributed by atoms with Gasteiger partial charge in [0.1, 0.15) is 17.5 Å². The third kappa shape index (κ3) is 4.74. The van der Waals surface area contributed by atoms with Gasteiger partial charge in [0.25, 0.3) is 0 Å². The summed E-state index contributed by atoms with van der Waals surface area (Å²) in [7, 11) is 2.08. The minimum atomic E-state index is 0.773. The van der Waals surface area contributed by atoms with Crippen molar-refractivity contribution in [2.75, 3.05) is 23.8 Å². The van der Waals surface area contributed by atoms with Gasteiger partial charge < -0.3 is 10.2 Å². The van der Waals surface area contributed by atoms with Crippen LogP contribution in [0.25, 0.3) is 0 Å². The summed E-state index contributed by atoms with van der Waals surface area (Å²) in [5, 5.41) is 3.38. The highest BCUT2D eigenvalue weighted by molar-refractivity contribution is 5.49. The summed E-state index contributed by atoms with van der Waals surface area (Å²) in [6, 6.07) is 12.4. The molecule has 0 aliphatic carbocycles. The van der Waals surface area contributed by atoms with Crippen LogP contribution in [0.2, 0.25) is 0 Å². The van der Waals surface area contributed by atoms with E-state index in [1.807, 2.05) is 31.2 Å². The Morgan fingerprint density at radius 2 is 1.90 bits per heavy atom. The van der Waals surface area contributed by atoms with Gasteiger partial charge in [-0.3, -0.25) is 0 Å². The maximum absolute atomic E-state index is 4.52. The van der Waals surface area contributed by atoms with E-state index in [0.717, 1.165) is 30.5 Å². The van der Waals surface area contributed by atoms with Crippen LogP contribution in [-0.4, -0.2) is 23.6 Å². The number of nitrogens with one attached hydrogen (secondary N) is 1. The molecule has 0 spiro atoms. The first-order chi connectivity index (χ1) is 10.2. The van der Waals surface area contributed by atoms with Crippen molar-refractivity contribution in [1.82, 2.24) is 9.97 Å². The minimum Gasteiger partial charge on any atom is -0.366 e. The quantitative estimate of drug-likeness (QED) is 0.843. The molecule has 2 aromatic rings. The van der Waals surface area contributed by atoms with Crippen LogP contribution in [-0.2, 0) is 6.54 Å². The Bertz CT molecular complexity index is 554. The van der Waals surface area contributed by atoms with Crippen LogP contribution in [0.1, 0.15) is 31.2 Å². The molecule has 0 unspecified atom stereocenters. The Morgan fingerprint density at radius 3 is 2.62 bits per heavy atom. The van der Waals surface area contributed by atoms with Gasteiger partial charge in [-0.2, -0.15) is 0 Å². The maximum atomic E-state index is 4.52. The maximum Gasteiger partial charge on any atom is 0.134 e. The van der Waals surface area contributed by atoms with Crippen LogP contribution in [0.4, 0.5) is 11.6 Å². The summed E-state index contributed by atoms with van der Waals surface area (Å²) in [6.45, 7) is 5.93. The van der Waals surface area contributed by atoms with Crippen molar-refractivity contribution in [1.29, 1.82) is 0 Å². The van der Waals surface area contributed by atoms with E-state index in [4.69, 9.17) is 0 Å². The van der Waals surface area contributed by atoms with E-state index in [0.29, 0.717) is 0 Å². The molecule has 0 saturated heterocycles. The Hall–Kier alpha value is -2.10. The van der Waals surface area contributed by atoms with E-state index >= 15 is 0 Å². The topological polar surface area (TPSA) is 41.0 Å². The van der Waals surface area contributed by atoms with Crippen LogP contribution >= 0.6 is 0 Å². The molecule has 112 valence electrons. The molecule has 1 aromatic heterocycles. The van der Waals surface area contributed by atoms with Crippen molar-refractivity contribution in [3.05, 3.63) is 47.8 Å². The fraction of sp³-hybridized carbons (Fsp3) is 0.412. The molecule has 0 amide bonds. The molecule has 0 bridgehead atoms. The second-order valence-corrected chi connectivity index (χ2v) is 5.27. The summed E-state index contributed by atoms with van der Waals surface area (Å²) in [5.74, 6) is 2.66. The van der Waals surface area contributed by atoms with E-state index in [9.17, 15) is 0 Å². The molecule has 0 atom stereocenters. The molecule has 21 heavy (non-hydrogen) atoms. The molecule has 0 radical (unpaired) electrons. The lowest BCUT2D eigenvalue weighted by Crippen LogP contribution is -2.20. The number of aryl methyl sites for hydroxylation is 1. The zero-order chi connectivity index (χ0) is 15.1. The monoisotopic (exact) mass is 284 g/mol. The normalized spacial score (nSPS) is 10.4. The van der Waals surface area contributed by atoms with Crippen molar-refractivity contribution in [3.63, 3.8) is 0 Å². The molecule has 0 fully saturated rings. The Kier molecular flexibility index (Phi) is 5.55. The van der Waals surface area contributed by atoms with Crippen molar-refractivity contribution < 1.29 is 0 Å². The van der Waals surface area contributed by atoms with Gasteiger partial charge in [0, 0.05) is 26.2 Å². The predicted molar refractivity (Wildman–Crippen MR) is 88.7 cm³/mol. The van der Waals surface area contributed by atoms with Crippen LogP contribution in [0.3, 0.4) is 0 Å². The number of anilines is 2. The molecule has 0 aliphatic heterocycles. The van der Waals surface area contributed by atoms with E-state index in [1.165, 1.54) is 18.4 Å². The smallest absolute Gasteiger partial charge is 0.134 e. The number of benzene rings is 1. The summed E-state index contributed by atoms with van der Waals surface area (Å²) >= 11 is 0. The number of aromatic nitrogens is 2. The van der Waals surface area contributed by atoms with E-state index < -0.39 is 0 Å². The summed E-state index contributed by atoms with van der Waals surface area (Å²) in [6.07, 6.45) is 2.36. The number of nitrogens with zero attached hydrogens (tertiary/aromatic N) is 3. The lowest BCUT2D eigenvalue weighted by Gasteiger charge is -2.19. The van der Waals surface area contributed by atoms with E-state index in [-0.39, 0.29) is 0 Å². The molecule has 1 aromatic carbocycles. The lowest BCUT2D eigenvalue weighted by molar-refractivity contribution is 0.756. The van der Waals surface area contributed by atoms with Crippen LogP contribution in [0, 0.1) is 6.92 Å². The molecule has 2 rings (SSSR count). The van der Waals surface area contributed by atoms with E-state index in [2.05, 4.69) is 46.3 Å². The van der Waals surface area contributed by atoms with Crippen LogP contribution in [0.5, 0.6) is 0 Å². The number of hydrogen-bond acceptors (Lipinski definition) is 4. The zero-order valence-electron chi connectivity index (χ0n) is 13.1. The number of rotatable bonds is 7. The average molecular weight is 284 g/mol. The molecular formula is C17H24N4. The van der Waals surface area contributed by atoms with Crippen LogP contribution < -0.4 is 10.2 Å². The third-order valence-electron chi connectivity index (χ3n) is 3.38. The van der Waals surface area contributed by atoms with Gasteiger partial charge in [-0.1, -0.05) is 43.7 Å². The van der Waals surface area contributed by atoms with Gasteiger partial charge in [-0.15, -0.1) is 0 Å². The molecule has 4 nitrogen and oxygen atoms in total. The second kappa shape index (κ2) is 7.62. The SMILES string of the molecule is CCCCN(C)c1cc(NCc2ccccc2)nc(C)n1. The van der Waals surface area contributed by atoms with E-state index in [1.54, 1.807) is 0 Å². The van der Waals surface area contributed by atoms with Gasteiger partial charge >= 0.3 is 0 Å². The summed E-state index contributed by atoms with van der Waals surface area (Å²) in [5.41, 5.74) is 1.25. The molecule has 4 heteroatoms. The molecule has 0 aliphatic rings. The van der Waals surface area contributed by atoms with Crippen molar-refractivity contribution in [2.24, 2.45) is 0 Å². The number of unbranched alkanes of at least 4 members (excludes halogenated alkanes) is 1. The zero-order valence-corrected chi connectivity index (χ0v) is 13.1. The highest BCUT2D eigenvalue weighted by Crippen LogP contribution is 2.16. The Morgan fingerprint density at radius 1 is 1.14 bits per heavy atom. The molecule has 1 N–H and O–H groups in total. The standard InChI is InChI=1S/C17H24N4/c1-4-5-11-21(3)17-12-16(19-14(2)20-17)18-13-15-9-7-6-8-10-15/h6-10,12H,4-5,11,13H2,1-3H3,(H,18,19,20).